The van der Waals surface area contributed by atoms with E-state index >= 15 is 0 Å². The van der Waals surface area contributed by atoms with Crippen LogP contribution in [0.1, 0.15) is 148 Å². The molecular weight excluding hydrogens is 400 g/mol. The van der Waals surface area contributed by atoms with E-state index in [1.54, 1.807) is 0 Å². The Labute approximate surface area is 188 Å². The van der Waals surface area contributed by atoms with Gasteiger partial charge in [0.2, 0.25) is 0 Å². The van der Waals surface area contributed by atoms with Crippen LogP contribution in [0.5, 0.6) is 0 Å². The molecule has 0 aromatic carbocycles. The van der Waals surface area contributed by atoms with Crippen molar-refractivity contribution in [2.75, 3.05) is 5.75 Å². The van der Waals surface area contributed by atoms with Crippen LogP contribution in [0.4, 0.5) is 0 Å². The van der Waals surface area contributed by atoms with E-state index in [-0.39, 0.29) is 5.75 Å². The molecule has 0 aromatic heterocycles. The van der Waals surface area contributed by atoms with Gasteiger partial charge in [-0.25, -0.2) is 3.63 Å². The lowest BCUT2D eigenvalue weighted by Crippen LogP contribution is -2.04. The first-order chi connectivity index (χ1) is 14.1. The third-order valence-electron chi connectivity index (χ3n) is 5.86. The van der Waals surface area contributed by atoms with Gasteiger partial charge in [0, 0.05) is 0 Å². The number of unbranched alkanes of at least 4 members (excludes halogenated alkanes) is 21. The van der Waals surface area contributed by atoms with E-state index in [0.29, 0.717) is 6.42 Å². The zero-order valence-corrected chi connectivity index (χ0v) is 21.1. The fourth-order valence-electron chi connectivity index (χ4n) is 3.92. The molecular formula is C24H50O3S2. The van der Waals surface area contributed by atoms with Gasteiger partial charge in [-0.3, -0.25) is 0 Å². The molecule has 0 spiro atoms. The number of hydrogen-bond donors (Lipinski definition) is 1. The molecule has 0 radical (unpaired) electrons. The SMILES string of the molecule is CCCCCCCCCCCCCCCCCCCCCCCCS(=O)(=O)OS. The van der Waals surface area contributed by atoms with Crippen molar-refractivity contribution in [3.8, 4) is 0 Å². The largest absolute Gasteiger partial charge is 0.277 e. The average Bonchev–Trinajstić information content (AvgIpc) is 2.71. The minimum atomic E-state index is -3.38. The molecule has 0 saturated carbocycles. The summed E-state index contributed by atoms with van der Waals surface area (Å²) < 4.78 is 26.4. The van der Waals surface area contributed by atoms with Crippen molar-refractivity contribution in [3.05, 3.63) is 0 Å². The molecule has 0 atom stereocenters. The summed E-state index contributed by atoms with van der Waals surface area (Å²) in [5, 5.41) is 0. The van der Waals surface area contributed by atoms with Crippen LogP contribution in [0.15, 0.2) is 0 Å². The Morgan fingerprint density at radius 3 is 0.966 bits per heavy atom. The highest BCUT2D eigenvalue weighted by atomic mass is 32.3. The van der Waals surface area contributed by atoms with E-state index < -0.39 is 10.1 Å². The monoisotopic (exact) mass is 450 g/mol. The minimum Gasteiger partial charge on any atom is -0.201 e. The summed E-state index contributed by atoms with van der Waals surface area (Å²) in [6, 6.07) is 0. The molecule has 29 heavy (non-hydrogen) atoms. The van der Waals surface area contributed by atoms with Crippen molar-refractivity contribution in [2.24, 2.45) is 0 Å². The molecule has 0 bridgehead atoms. The van der Waals surface area contributed by atoms with Crippen molar-refractivity contribution in [2.45, 2.75) is 148 Å². The summed E-state index contributed by atoms with van der Waals surface area (Å²) in [6.45, 7) is 2.29. The highest BCUT2D eigenvalue weighted by molar-refractivity contribution is 7.95. The van der Waals surface area contributed by atoms with Crippen molar-refractivity contribution < 1.29 is 12.0 Å². The van der Waals surface area contributed by atoms with E-state index in [9.17, 15) is 8.42 Å². The van der Waals surface area contributed by atoms with Crippen LogP contribution >= 0.6 is 12.9 Å². The lowest BCUT2D eigenvalue weighted by atomic mass is 10.0. The fraction of sp³-hybridized carbons (Fsp3) is 1.00. The zero-order valence-electron chi connectivity index (χ0n) is 19.3. The summed E-state index contributed by atoms with van der Waals surface area (Å²) in [5.41, 5.74) is 0. The topological polar surface area (TPSA) is 43.4 Å². The summed E-state index contributed by atoms with van der Waals surface area (Å²) in [6.07, 6.45) is 29.4. The normalized spacial score (nSPS) is 11.9. The van der Waals surface area contributed by atoms with Crippen molar-refractivity contribution in [1.29, 1.82) is 0 Å². The maximum absolute atomic E-state index is 11.1. The highest BCUT2D eigenvalue weighted by Gasteiger charge is 2.07. The summed E-state index contributed by atoms with van der Waals surface area (Å²) in [4.78, 5) is 0. The second kappa shape index (κ2) is 22.9. The Morgan fingerprint density at radius 1 is 0.483 bits per heavy atom. The van der Waals surface area contributed by atoms with E-state index in [4.69, 9.17) is 0 Å². The van der Waals surface area contributed by atoms with Crippen LogP contribution in [0.25, 0.3) is 0 Å². The molecule has 0 aliphatic carbocycles. The Morgan fingerprint density at radius 2 is 0.724 bits per heavy atom. The van der Waals surface area contributed by atoms with Gasteiger partial charge in [-0.1, -0.05) is 142 Å². The molecule has 0 fully saturated rings. The lowest BCUT2D eigenvalue weighted by molar-refractivity contribution is 0.511. The first kappa shape index (κ1) is 29.3. The first-order valence-electron chi connectivity index (χ1n) is 12.7. The Bertz CT molecular complexity index is 410. The van der Waals surface area contributed by atoms with Crippen LogP contribution in [0, 0.1) is 0 Å². The lowest BCUT2D eigenvalue weighted by Gasteiger charge is -2.04. The zero-order chi connectivity index (χ0) is 21.5. The molecule has 0 amide bonds. The van der Waals surface area contributed by atoms with Crippen molar-refractivity contribution in [3.63, 3.8) is 0 Å². The second-order valence-electron chi connectivity index (χ2n) is 8.76. The van der Waals surface area contributed by atoms with E-state index in [1.807, 2.05) is 0 Å². The van der Waals surface area contributed by atoms with Gasteiger partial charge < -0.3 is 0 Å². The summed E-state index contributed by atoms with van der Waals surface area (Å²) in [7, 11) is -3.38. The molecule has 0 N–H and O–H groups in total. The van der Waals surface area contributed by atoms with E-state index in [0.717, 1.165) is 12.8 Å². The third kappa shape index (κ3) is 24.4. The number of hydrogen-bond acceptors (Lipinski definition) is 4. The van der Waals surface area contributed by atoms with Crippen molar-refractivity contribution >= 4 is 23.0 Å². The maximum atomic E-state index is 11.1. The molecule has 0 aliphatic heterocycles. The predicted octanol–water partition coefficient (Wildman–Crippen LogP) is 8.78. The Kier molecular flexibility index (Phi) is 23.1. The van der Waals surface area contributed by atoms with Crippen LogP contribution in [0.2, 0.25) is 0 Å². The standard InChI is InChI=1S/C24H50O3S2/c1-2-3-4-5-6-7-8-9-10-11-12-13-14-15-16-17-18-19-20-21-22-23-24-29(25,26)27-28/h28H,2-24H2,1H3. The van der Waals surface area contributed by atoms with Gasteiger partial charge in [-0.2, -0.15) is 8.42 Å². The second-order valence-corrected chi connectivity index (χ2v) is 10.9. The summed E-state index contributed by atoms with van der Waals surface area (Å²) >= 11 is 3.36. The van der Waals surface area contributed by atoms with Crippen molar-refractivity contribution in [1.82, 2.24) is 0 Å². The third-order valence-corrected chi connectivity index (χ3v) is 7.56. The van der Waals surface area contributed by atoms with E-state index in [2.05, 4.69) is 23.5 Å². The number of rotatable bonds is 24. The molecule has 0 saturated heterocycles. The van der Waals surface area contributed by atoms with Gasteiger partial charge in [-0.15, -0.1) is 0 Å². The number of thiol groups is 1. The molecule has 5 heteroatoms. The predicted molar refractivity (Wildman–Crippen MR) is 131 cm³/mol. The first-order valence-corrected chi connectivity index (χ1v) is 14.6. The molecule has 176 valence electrons. The molecule has 0 aromatic rings. The van der Waals surface area contributed by atoms with Crippen LogP contribution in [0.3, 0.4) is 0 Å². The minimum absolute atomic E-state index is 0.0929. The van der Waals surface area contributed by atoms with E-state index in [1.165, 1.54) is 122 Å². The van der Waals surface area contributed by atoms with Gasteiger partial charge in [0.1, 0.15) is 0 Å². The van der Waals surface area contributed by atoms with Gasteiger partial charge in [0.05, 0.1) is 5.75 Å². The Balaban J connectivity index is 3.07. The summed E-state index contributed by atoms with van der Waals surface area (Å²) in [5.74, 6) is 0.0929. The Hall–Kier alpha value is 0.260. The van der Waals surface area contributed by atoms with Gasteiger partial charge in [0.15, 0.2) is 0 Å². The van der Waals surface area contributed by atoms with Crippen LogP contribution < -0.4 is 0 Å². The maximum Gasteiger partial charge on any atom is 0.277 e. The highest BCUT2D eigenvalue weighted by Crippen LogP contribution is 2.15. The molecule has 0 unspecified atom stereocenters. The average molecular weight is 451 g/mol. The molecule has 3 nitrogen and oxygen atoms in total. The van der Waals surface area contributed by atoms with Crippen LogP contribution in [-0.2, 0) is 13.7 Å². The van der Waals surface area contributed by atoms with Gasteiger partial charge in [-0.05, 0) is 19.3 Å². The smallest absolute Gasteiger partial charge is 0.201 e. The molecule has 0 heterocycles. The molecule has 0 rings (SSSR count). The van der Waals surface area contributed by atoms with Gasteiger partial charge >= 0.3 is 0 Å². The van der Waals surface area contributed by atoms with Crippen LogP contribution in [-0.4, -0.2) is 14.2 Å². The molecule has 0 aliphatic rings. The fourth-order valence-corrected chi connectivity index (χ4v) is 4.78. The van der Waals surface area contributed by atoms with Gasteiger partial charge in [0.25, 0.3) is 10.1 Å². The quantitative estimate of drug-likeness (QED) is 0.0907.